The molecule has 170 valence electrons. The van der Waals surface area contributed by atoms with Gasteiger partial charge in [0.25, 0.3) is 10.0 Å². The van der Waals surface area contributed by atoms with E-state index in [0.29, 0.717) is 36.3 Å². The van der Waals surface area contributed by atoms with Gasteiger partial charge in [-0.1, -0.05) is 23.7 Å². The van der Waals surface area contributed by atoms with Crippen molar-refractivity contribution in [3.8, 4) is 11.9 Å². The second-order valence-electron chi connectivity index (χ2n) is 6.99. The van der Waals surface area contributed by atoms with Crippen molar-refractivity contribution in [2.75, 3.05) is 38.1 Å². The second-order valence-corrected chi connectivity index (χ2v) is 9.85. The van der Waals surface area contributed by atoms with Crippen LogP contribution in [0.3, 0.4) is 0 Å². The van der Waals surface area contributed by atoms with Gasteiger partial charge in [-0.3, -0.25) is 0 Å². The summed E-state index contributed by atoms with van der Waals surface area (Å²) in [6.07, 6.45) is 1.91. The number of nitrogens with two attached hydrogens (primary N) is 1. The Hall–Kier alpha value is -2.40. The number of hydrogen-bond donors (Lipinski definition) is 3. The van der Waals surface area contributed by atoms with E-state index in [0.717, 1.165) is 4.90 Å². The Bertz CT molecular complexity index is 1180. The molecule has 2 aromatic carbocycles. The van der Waals surface area contributed by atoms with Crippen molar-refractivity contribution >= 4 is 54.9 Å². The van der Waals surface area contributed by atoms with Gasteiger partial charge in [0.2, 0.25) is 5.96 Å². The maximum atomic E-state index is 13.0. The van der Waals surface area contributed by atoms with E-state index >= 15 is 0 Å². The van der Waals surface area contributed by atoms with E-state index in [2.05, 4.69) is 30.7 Å². The largest absolute Gasteiger partial charge is 0.504 e. The summed E-state index contributed by atoms with van der Waals surface area (Å²) in [6.45, 7) is 2.31. The number of sulfonamides is 1. The Morgan fingerprint density at radius 1 is 1.28 bits per heavy atom. The number of phenols is 1. The molecule has 0 saturated carbocycles. The molecule has 0 unspecified atom stereocenters. The van der Waals surface area contributed by atoms with Crippen LogP contribution in [0.2, 0.25) is 5.02 Å². The van der Waals surface area contributed by atoms with Gasteiger partial charge in [-0.15, -0.1) is 4.83 Å². The molecule has 3 rings (SSSR count). The summed E-state index contributed by atoms with van der Waals surface area (Å²) in [6, 6.07) is 9.46. The van der Waals surface area contributed by atoms with Crippen molar-refractivity contribution in [2.45, 2.75) is 4.90 Å². The van der Waals surface area contributed by atoms with Gasteiger partial charge in [-0.05, 0) is 47.2 Å². The summed E-state index contributed by atoms with van der Waals surface area (Å²) in [4.78, 5) is 9.11. The van der Waals surface area contributed by atoms with Crippen LogP contribution in [0.4, 0.5) is 11.4 Å². The third-order valence-corrected chi connectivity index (χ3v) is 7.29. The number of nitrogens with zero attached hydrogens (tertiary/aromatic N) is 5. The number of halogens is 2. The third-order valence-electron chi connectivity index (χ3n) is 4.74. The third kappa shape index (κ3) is 5.32. The fourth-order valence-corrected chi connectivity index (χ4v) is 5.25. The summed E-state index contributed by atoms with van der Waals surface area (Å²) in [7, 11) is -2.26. The highest BCUT2D eigenvalue weighted by Gasteiger charge is 2.28. The molecule has 0 amide bonds. The molecule has 0 aliphatic carbocycles. The fraction of sp³-hybridized carbons (Fsp3) is 0.263. The van der Waals surface area contributed by atoms with Gasteiger partial charge >= 0.3 is 0 Å². The molecule has 1 fully saturated rings. The van der Waals surface area contributed by atoms with Crippen LogP contribution < -0.4 is 15.5 Å². The van der Waals surface area contributed by atoms with E-state index in [-0.39, 0.29) is 16.7 Å². The van der Waals surface area contributed by atoms with Gasteiger partial charge in [0.1, 0.15) is 10.6 Å². The summed E-state index contributed by atoms with van der Waals surface area (Å²) in [5.74, 6) is -0.945. The first-order valence-electron chi connectivity index (χ1n) is 9.40. The van der Waals surface area contributed by atoms with Gasteiger partial charge < -0.3 is 15.7 Å². The van der Waals surface area contributed by atoms with Gasteiger partial charge in [0.05, 0.1) is 10.7 Å². The number of phenolic OH excluding ortho intramolecular Hbond substituents is 1. The van der Waals surface area contributed by atoms with Crippen LogP contribution in [0.5, 0.6) is 5.75 Å². The monoisotopic (exact) mass is 541 g/mol. The lowest BCUT2D eigenvalue weighted by Crippen LogP contribution is -2.52. The standard InChI is InChI=1S/C19H21BrClN7O3S/c1-26-8-10-27(11-9-26)25-32(30,31)18-14(21)6-7-15(17(18)29)24-19(23)28(12-22)16-5-3-2-4-13(16)20/h2-7,25,29H,8-11H2,1H3,(H2,23,24). The van der Waals surface area contributed by atoms with Crippen LogP contribution >= 0.6 is 27.5 Å². The van der Waals surface area contributed by atoms with E-state index in [4.69, 9.17) is 17.3 Å². The van der Waals surface area contributed by atoms with Gasteiger partial charge in [0, 0.05) is 30.7 Å². The fourth-order valence-electron chi connectivity index (χ4n) is 3.03. The van der Waals surface area contributed by atoms with E-state index in [1.165, 1.54) is 12.1 Å². The first-order chi connectivity index (χ1) is 15.1. The van der Waals surface area contributed by atoms with E-state index in [9.17, 15) is 18.8 Å². The lowest BCUT2D eigenvalue weighted by atomic mass is 10.3. The van der Waals surface area contributed by atoms with Crippen LogP contribution in [-0.4, -0.2) is 62.6 Å². The number of rotatable bonds is 5. The Balaban J connectivity index is 1.95. The van der Waals surface area contributed by atoms with Crippen LogP contribution in [-0.2, 0) is 10.0 Å². The highest BCUT2D eigenvalue weighted by molar-refractivity contribution is 9.10. The minimum absolute atomic E-state index is 0.155. The molecule has 0 bridgehead atoms. The molecule has 1 aliphatic heterocycles. The van der Waals surface area contributed by atoms with Crippen LogP contribution in [0.1, 0.15) is 0 Å². The number of benzene rings is 2. The summed E-state index contributed by atoms with van der Waals surface area (Å²) in [5.41, 5.74) is 6.27. The maximum absolute atomic E-state index is 13.0. The molecule has 2 aromatic rings. The maximum Gasteiger partial charge on any atom is 0.258 e. The molecule has 1 heterocycles. The molecule has 1 saturated heterocycles. The smallest absolute Gasteiger partial charge is 0.258 e. The van der Waals surface area contributed by atoms with E-state index < -0.39 is 20.7 Å². The molecule has 4 N–H and O–H groups in total. The lowest BCUT2D eigenvalue weighted by Gasteiger charge is -2.32. The van der Waals surface area contributed by atoms with Gasteiger partial charge in [-0.2, -0.15) is 5.26 Å². The first-order valence-corrected chi connectivity index (χ1v) is 12.1. The van der Waals surface area contributed by atoms with Crippen molar-refractivity contribution in [3.63, 3.8) is 0 Å². The molecule has 13 heteroatoms. The zero-order valence-electron chi connectivity index (χ0n) is 17.0. The van der Waals surface area contributed by atoms with Crippen LogP contribution in [0, 0.1) is 11.5 Å². The Morgan fingerprint density at radius 2 is 1.94 bits per heavy atom. The Kier molecular flexibility index (Phi) is 7.60. The number of likely N-dealkylation sites (N-methyl/N-ethyl adjacent to an activating group) is 1. The van der Waals surface area contributed by atoms with Crippen molar-refractivity contribution in [3.05, 3.63) is 45.9 Å². The number of para-hydroxylation sites is 1. The molecule has 10 nitrogen and oxygen atoms in total. The van der Waals surface area contributed by atoms with E-state index in [1.54, 1.807) is 29.3 Å². The highest BCUT2D eigenvalue weighted by atomic mass is 79.9. The number of aromatic hydroxyl groups is 1. The first kappa shape index (κ1) is 24.2. The molecule has 1 aliphatic rings. The average molecular weight is 543 g/mol. The number of hydrogen-bond acceptors (Lipinski definition) is 7. The topological polar surface area (TPSA) is 138 Å². The quantitative estimate of drug-likeness (QED) is 0.226. The van der Waals surface area contributed by atoms with Crippen LogP contribution in [0.25, 0.3) is 0 Å². The molecule has 0 aromatic heterocycles. The summed E-state index contributed by atoms with van der Waals surface area (Å²) < 4.78 is 26.5. The lowest BCUT2D eigenvalue weighted by molar-refractivity contribution is 0.134. The number of nitrogens with one attached hydrogen (secondary N) is 1. The normalized spacial score (nSPS) is 16.0. The number of nitriles is 1. The second kappa shape index (κ2) is 10.0. The SMILES string of the molecule is CN1CCN(NS(=O)(=O)c2c(Cl)ccc(N=C(N)N(C#N)c3ccccc3Br)c2O)CC1. The predicted molar refractivity (Wildman–Crippen MR) is 126 cm³/mol. The molecule has 0 spiro atoms. The minimum atomic E-state index is -4.20. The Morgan fingerprint density at radius 3 is 2.56 bits per heavy atom. The predicted octanol–water partition coefficient (Wildman–Crippen LogP) is 2.18. The average Bonchev–Trinajstić information content (AvgIpc) is 2.73. The molecular weight excluding hydrogens is 522 g/mol. The molecule has 32 heavy (non-hydrogen) atoms. The van der Waals surface area contributed by atoms with Crippen molar-refractivity contribution in [2.24, 2.45) is 10.7 Å². The molecule has 0 atom stereocenters. The number of hydrazine groups is 1. The van der Waals surface area contributed by atoms with Gasteiger partial charge in [0.15, 0.2) is 11.9 Å². The van der Waals surface area contributed by atoms with Crippen molar-refractivity contribution < 1.29 is 13.5 Å². The zero-order valence-corrected chi connectivity index (χ0v) is 20.2. The number of aliphatic imine (C=N–C) groups is 1. The Labute approximate surface area is 199 Å². The van der Waals surface area contributed by atoms with Crippen molar-refractivity contribution in [1.82, 2.24) is 14.7 Å². The number of anilines is 1. The van der Waals surface area contributed by atoms with E-state index in [1.807, 2.05) is 13.2 Å². The number of guanidine groups is 1. The highest BCUT2D eigenvalue weighted by Crippen LogP contribution is 2.38. The van der Waals surface area contributed by atoms with Crippen molar-refractivity contribution in [1.29, 1.82) is 5.26 Å². The molecular formula is C19H21BrClN7O3S. The summed E-state index contributed by atoms with van der Waals surface area (Å²) in [5, 5.41) is 21.6. The summed E-state index contributed by atoms with van der Waals surface area (Å²) >= 11 is 9.45. The number of piperazine rings is 1. The van der Waals surface area contributed by atoms with Gasteiger partial charge in [-0.25, -0.2) is 23.3 Å². The zero-order chi connectivity index (χ0) is 23.5. The molecule has 0 radical (unpaired) electrons. The van der Waals surface area contributed by atoms with Crippen LogP contribution in [0.15, 0.2) is 50.8 Å². The minimum Gasteiger partial charge on any atom is -0.504 e.